The predicted octanol–water partition coefficient (Wildman–Crippen LogP) is 0.305. The van der Waals surface area contributed by atoms with Crippen molar-refractivity contribution in [3.63, 3.8) is 0 Å². The molecule has 1 heterocycles. The molecule has 0 aliphatic heterocycles. The molecule has 1 atom stereocenters. The molecule has 2 N–H and O–H groups in total. The van der Waals surface area contributed by atoms with Gasteiger partial charge in [-0.15, -0.1) is 5.10 Å². The maximum Gasteiger partial charge on any atom is 0.319 e. The zero-order valence-electron chi connectivity index (χ0n) is 7.85. The standard InChI is InChI=1S/C7H11N3O3S/c1-4-8-7(10-9-4)14-5(3-13-2)6(11)12/h5H,3H2,1-2H3,(H,11,12)(H,8,9,10). The number of thioether (sulfide) groups is 1. The van der Waals surface area contributed by atoms with E-state index in [1.807, 2.05) is 0 Å². The van der Waals surface area contributed by atoms with Crippen LogP contribution in [0.15, 0.2) is 5.16 Å². The van der Waals surface area contributed by atoms with Crippen molar-refractivity contribution in [2.75, 3.05) is 13.7 Å². The summed E-state index contributed by atoms with van der Waals surface area (Å²) in [4.78, 5) is 14.7. The van der Waals surface area contributed by atoms with E-state index < -0.39 is 11.2 Å². The molecule has 1 rings (SSSR count). The Morgan fingerprint density at radius 3 is 2.93 bits per heavy atom. The van der Waals surface area contributed by atoms with E-state index in [4.69, 9.17) is 9.84 Å². The summed E-state index contributed by atoms with van der Waals surface area (Å²) in [6, 6.07) is 0. The molecule has 14 heavy (non-hydrogen) atoms. The highest BCUT2D eigenvalue weighted by atomic mass is 32.2. The van der Waals surface area contributed by atoms with Crippen LogP contribution in [0.25, 0.3) is 0 Å². The van der Waals surface area contributed by atoms with Crippen LogP contribution >= 0.6 is 11.8 Å². The zero-order chi connectivity index (χ0) is 10.6. The highest BCUT2D eigenvalue weighted by Gasteiger charge is 2.20. The minimum atomic E-state index is -0.931. The van der Waals surface area contributed by atoms with Crippen molar-refractivity contribution in [1.82, 2.24) is 15.2 Å². The average Bonchev–Trinajstić information content (AvgIpc) is 2.50. The van der Waals surface area contributed by atoms with E-state index in [1.165, 1.54) is 7.11 Å². The minimum Gasteiger partial charge on any atom is -0.480 e. The Morgan fingerprint density at radius 1 is 1.79 bits per heavy atom. The van der Waals surface area contributed by atoms with Gasteiger partial charge in [0.25, 0.3) is 0 Å². The summed E-state index contributed by atoms with van der Waals surface area (Å²) in [6.07, 6.45) is 0. The molecular formula is C7H11N3O3S. The van der Waals surface area contributed by atoms with E-state index in [0.29, 0.717) is 11.0 Å². The summed E-state index contributed by atoms with van der Waals surface area (Å²) in [5, 5.41) is 15.0. The number of rotatable bonds is 5. The molecule has 0 fully saturated rings. The number of aryl methyl sites for hydroxylation is 1. The van der Waals surface area contributed by atoms with Gasteiger partial charge in [0.1, 0.15) is 11.1 Å². The number of nitrogens with one attached hydrogen (secondary N) is 1. The first-order valence-corrected chi connectivity index (χ1v) is 4.79. The third-order valence-corrected chi connectivity index (χ3v) is 2.43. The van der Waals surface area contributed by atoms with Crippen LogP contribution in [0.5, 0.6) is 0 Å². The van der Waals surface area contributed by atoms with Crippen molar-refractivity contribution in [2.45, 2.75) is 17.3 Å². The van der Waals surface area contributed by atoms with Gasteiger partial charge in [-0.3, -0.25) is 9.89 Å². The Hall–Kier alpha value is -1.08. The number of carboxylic acids is 1. The Balaban J connectivity index is 2.59. The largest absolute Gasteiger partial charge is 0.480 e. The number of carbonyl (C=O) groups is 1. The molecule has 1 aromatic heterocycles. The molecule has 0 aliphatic rings. The molecule has 0 aliphatic carbocycles. The fraction of sp³-hybridized carbons (Fsp3) is 0.571. The fourth-order valence-electron chi connectivity index (χ4n) is 0.809. The second-order valence-electron chi connectivity index (χ2n) is 2.60. The summed E-state index contributed by atoms with van der Waals surface area (Å²) in [5.74, 6) is -0.270. The van der Waals surface area contributed by atoms with Crippen LogP contribution < -0.4 is 0 Å². The minimum absolute atomic E-state index is 0.133. The predicted molar refractivity (Wildman–Crippen MR) is 50.3 cm³/mol. The second kappa shape index (κ2) is 4.97. The number of aromatic amines is 1. The summed E-state index contributed by atoms with van der Waals surface area (Å²) in [5.41, 5.74) is 0. The van der Waals surface area contributed by atoms with Gasteiger partial charge in [-0.1, -0.05) is 11.8 Å². The lowest BCUT2D eigenvalue weighted by Crippen LogP contribution is -2.21. The highest BCUT2D eigenvalue weighted by Crippen LogP contribution is 2.19. The van der Waals surface area contributed by atoms with Crippen molar-refractivity contribution in [3.8, 4) is 0 Å². The molecule has 0 saturated carbocycles. The van der Waals surface area contributed by atoms with Crippen LogP contribution in [0.2, 0.25) is 0 Å². The number of ether oxygens (including phenoxy) is 1. The summed E-state index contributed by atoms with van der Waals surface area (Å²) in [6.45, 7) is 1.89. The fourth-order valence-corrected chi connectivity index (χ4v) is 1.66. The van der Waals surface area contributed by atoms with E-state index in [0.717, 1.165) is 11.8 Å². The number of methoxy groups -OCH3 is 1. The highest BCUT2D eigenvalue weighted by molar-refractivity contribution is 8.00. The maximum atomic E-state index is 10.7. The van der Waals surface area contributed by atoms with Gasteiger partial charge in [0.05, 0.1) is 6.61 Å². The Bertz CT molecular complexity index is 315. The molecule has 0 bridgehead atoms. The maximum absolute atomic E-state index is 10.7. The molecule has 0 radical (unpaired) electrons. The van der Waals surface area contributed by atoms with Gasteiger partial charge >= 0.3 is 5.97 Å². The average molecular weight is 217 g/mol. The number of aromatic nitrogens is 3. The molecule has 0 amide bonds. The second-order valence-corrected chi connectivity index (χ2v) is 3.77. The van der Waals surface area contributed by atoms with Crippen molar-refractivity contribution in [2.24, 2.45) is 0 Å². The van der Waals surface area contributed by atoms with E-state index in [-0.39, 0.29) is 6.61 Å². The lowest BCUT2D eigenvalue weighted by molar-refractivity contribution is -0.137. The Labute approximate surface area is 85.1 Å². The van der Waals surface area contributed by atoms with E-state index in [1.54, 1.807) is 6.92 Å². The molecule has 0 aromatic carbocycles. The van der Waals surface area contributed by atoms with Crippen molar-refractivity contribution >= 4 is 17.7 Å². The van der Waals surface area contributed by atoms with Gasteiger partial charge in [0.15, 0.2) is 0 Å². The van der Waals surface area contributed by atoms with E-state index in [9.17, 15) is 4.79 Å². The van der Waals surface area contributed by atoms with E-state index >= 15 is 0 Å². The molecular weight excluding hydrogens is 206 g/mol. The topological polar surface area (TPSA) is 88.1 Å². The van der Waals surface area contributed by atoms with E-state index in [2.05, 4.69) is 15.2 Å². The number of aliphatic carboxylic acids is 1. The number of hydrogen-bond donors (Lipinski definition) is 2. The molecule has 0 saturated heterocycles. The normalized spacial score (nSPS) is 12.7. The smallest absolute Gasteiger partial charge is 0.319 e. The van der Waals surface area contributed by atoms with Gasteiger partial charge in [0, 0.05) is 7.11 Å². The summed E-state index contributed by atoms with van der Waals surface area (Å²) in [7, 11) is 1.46. The van der Waals surface area contributed by atoms with Gasteiger partial charge < -0.3 is 9.84 Å². The Kier molecular flexibility index (Phi) is 3.90. The quantitative estimate of drug-likeness (QED) is 0.690. The molecule has 7 heteroatoms. The number of H-pyrrole nitrogens is 1. The third kappa shape index (κ3) is 3.00. The van der Waals surface area contributed by atoms with Crippen molar-refractivity contribution < 1.29 is 14.6 Å². The van der Waals surface area contributed by atoms with Crippen LogP contribution in [0.1, 0.15) is 5.82 Å². The van der Waals surface area contributed by atoms with Crippen LogP contribution in [0.4, 0.5) is 0 Å². The monoisotopic (exact) mass is 217 g/mol. The van der Waals surface area contributed by atoms with Gasteiger partial charge in [-0.05, 0) is 6.92 Å². The van der Waals surface area contributed by atoms with Crippen molar-refractivity contribution in [3.05, 3.63) is 5.82 Å². The zero-order valence-corrected chi connectivity index (χ0v) is 8.67. The molecule has 1 unspecified atom stereocenters. The SMILES string of the molecule is COCC(Sc1n[nH]c(C)n1)C(=O)O. The van der Waals surface area contributed by atoms with Crippen LogP contribution in [0, 0.1) is 6.92 Å². The molecule has 78 valence electrons. The van der Waals surface area contributed by atoms with Crippen LogP contribution in [-0.2, 0) is 9.53 Å². The Morgan fingerprint density at radius 2 is 2.50 bits per heavy atom. The molecule has 1 aromatic rings. The lowest BCUT2D eigenvalue weighted by atomic mass is 10.5. The van der Waals surface area contributed by atoms with Crippen molar-refractivity contribution in [1.29, 1.82) is 0 Å². The number of carboxylic acid groups (broad SMARTS) is 1. The summed E-state index contributed by atoms with van der Waals surface area (Å²) >= 11 is 1.06. The molecule has 6 nitrogen and oxygen atoms in total. The summed E-state index contributed by atoms with van der Waals surface area (Å²) < 4.78 is 4.78. The first-order valence-electron chi connectivity index (χ1n) is 3.91. The number of nitrogens with zero attached hydrogens (tertiary/aromatic N) is 2. The first-order chi connectivity index (χ1) is 6.63. The molecule has 0 spiro atoms. The first kappa shape index (κ1) is 11.0. The lowest BCUT2D eigenvalue weighted by Gasteiger charge is -2.07. The number of hydrogen-bond acceptors (Lipinski definition) is 5. The third-order valence-electron chi connectivity index (χ3n) is 1.42. The van der Waals surface area contributed by atoms with Gasteiger partial charge in [0.2, 0.25) is 5.16 Å². The van der Waals surface area contributed by atoms with Crippen LogP contribution in [-0.4, -0.2) is 45.2 Å². The van der Waals surface area contributed by atoms with Crippen LogP contribution in [0.3, 0.4) is 0 Å². The van der Waals surface area contributed by atoms with Gasteiger partial charge in [-0.2, -0.15) is 0 Å². The van der Waals surface area contributed by atoms with Gasteiger partial charge in [-0.25, -0.2) is 4.98 Å².